The molecule has 2 N–H and O–H groups in total. The molecular weight excluding hydrogens is 297 g/mol. The topological polar surface area (TPSA) is 86.5 Å². The van der Waals surface area contributed by atoms with Gasteiger partial charge in [-0.2, -0.15) is 0 Å². The number of nitrogens with two attached hydrogens (primary N) is 1. The van der Waals surface area contributed by atoms with Crippen molar-refractivity contribution in [2.24, 2.45) is 11.1 Å². The van der Waals surface area contributed by atoms with E-state index in [1.165, 1.54) is 24.3 Å². The Kier molecular flexibility index (Phi) is 4.08. The van der Waals surface area contributed by atoms with Crippen LogP contribution in [-0.2, 0) is 19.4 Å². The summed E-state index contributed by atoms with van der Waals surface area (Å²) in [5, 5.41) is -0.931. The van der Waals surface area contributed by atoms with Crippen molar-refractivity contribution in [3.05, 3.63) is 35.6 Å². The summed E-state index contributed by atoms with van der Waals surface area (Å²) >= 11 is 0. The summed E-state index contributed by atoms with van der Waals surface area (Å²) in [4.78, 5) is 12.2. The number of carbonyl (C=O) groups is 1. The number of halogens is 1. The van der Waals surface area contributed by atoms with Gasteiger partial charge in [-0.05, 0) is 24.6 Å². The fourth-order valence-electron chi connectivity index (χ4n) is 3.01. The van der Waals surface area contributed by atoms with Crippen LogP contribution in [0, 0.1) is 11.2 Å². The van der Waals surface area contributed by atoms with Crippen molar-refractivity contribution in [2.45, 2.75) is 18.1 Å². The highest BCUT2D eigenvalue weighted by Crippen LogP contribution is 2.62. The molecule has 0 saturated heterocycles. The van der Waals surface area contributed by atoms with Crippen LogP contribution >= 0.6 is 0 Å². The van der Waals surface area contributed by atoms with Gasteiger partial charge in [0, 0.05) is 18.7 Å². The second kappa shape index (κ2) is 5.38. The molecule has 0 unspecified atom stereocenters. The highest BCUT2D eigenvalue weighted by Gasteiger charge is 2.74. The summed E-state index contributed by atoms with van der Waals surface area (Å²) < 4.78 is 42.0. The number of hydrogen-bond acceptors (Lipinski definition) is 5. The van der Waals surface area contributed by atoms with Gasteiger partial charge in [0.1, 0.15) is 11.2 Å². The molecule has 1 fully saturated rings. The van der Waals surface area contributed by atoms with Gasteiger partial charge in [0.05, 0.1) is 11.9 Å². The molecule has 0 aliphatic heterocycles. The maximum atomic E-state index is 13.0. The van der Waals surface area contributed by atoms with Crippen LogP contribution < -0.4 is 5.73 Å². The fourth-order valence-corrected chi connectivity index (χ4v) is 4.93. The molecule has 5 nitrogen and oxygen atoms in total. The van der Waals surface area contributed by atoms with Crippen molar-refractivity contribution in [1.82, 2.24) is 0 Å². The van der Waals surface area contributed by atoms with Gasteiger partial charge in [-0.15, -0.1) is 0 Å². The van der Waals surface area contributed by atoms with Crippen molar-refractivity contribution >= 4 is 15.8 Å². The maximum Gasteiger partial charge on any atom is 0.315 e. The standard InChI is InChI=1S/C14H18FNO4S/c1-3-20-13(17)14(8-16)11(12(14)21(2,18)19)9-4-6-10(15)7-5-9/h4-7,11-12H,3,8,16H2,1-2H3/t11-,12+,14+/m0/s1. The number of rotatable bonds is 5. The van der Waals surface area contributed by atoms with Gasteiger partial charge in [-0.25, -0.2) is 12.8 Å². The van der Waals surface area contributed by atoms with Gasteiger partial charge < -0.3 is 10.5 Å². The molecule has 0 amide bonds. The summed E-state index contributed by atoms with van der Waals surface area (Å²) in [6.07, 6.45) is 1.07. The molecule has 0 heterocycles. The third-order valence-electron chi connectivity index (χ3n) is 3.94. The smallest absolute Gasteiger partial charge is 0.315 e. The molecular formula is C14H18FNO4S. The number of carbonyl (C=O) groups excluding carboxylic acids is 1. The molecule has 1 aromatic carbocycles. The molecule has 0 spiro atoms. The highest BCUT2D eigenvalue weighted by atomic mass is 32.2. The number of hydrogen-bond donors (Lipinski definition) is 1. The largest absolute Gasteiger partial charge is 0.465 e. The van der Waals surface area contributed by atoms with Crippen LogP contribution in [0.25, 0.3) is 0 Å². The Labute approximate surface area is 123 Å². The first-order valence-electron chi connectivity index (χ1n) is 6.60. The Morgan fingerprint density at radius 3 is 2.38 bits per heavy atom. The summed E-state index contributed by atoms with van der Waals surface area (Å²) in [5.74, 6) is -1.64. The highest BCUT2D eigenvalue weighted by molar-refractivity contribution is 7.91. The molecule has 0 radical (unpaired) electrons. The molecule has 1 aliphatic carbocycles. The van der Waals surface area contributed by atoms with Gasteiger partial charge >= 0.3 is 5.97 Å². The van der Waals surface area contributed by atoms with Crippen LogP contribution in [0.5, 0.6) is 0 Å². The quantitative estimate of drug-likeness (QED) is 0.814. The lowest BCUT2D eigenvalue weighted by molar-refractivity contribution is -0.149. The van der Waals surface area contributed by atoms with E-state index < -0.39 is 38.2 Å². The summed E-state index contributed by atoms with van der Waals surface area (Å²) in [7, 11) is -3.49. The lowest BCUT2D eigenvalue weighted by atomic mass is 9.99. The van der Waals surface area contributed by atoms with E-state index in [0.717, 1.165) is 6.26 Å². The van der Waals surface area contributed by atoms with Crippen molar-refractivity contribution in [1.29, 1.82) is 0 Å². The molecule has 2 rings (SSSR count). The molecule has 0 bridgehead atoms. The zero-order valence-corrected chi connectivity index (χ0v) is 12.7. The molecule has 116 valence electrons. The van der Waals surface area contributed by atoms with Crippen LogP contribution in [-0.4, -0.2) is 39.0 Å². The minimum Gasteiger partial charge on any atom is -0.465 e. The number of ether oxygens (including phenoxy) is 1. The predicted molar refractivity (Wildman–Crippen MR) is 75.9 cm³/mol. The van der Waals surface area contributed by atoms with Gasteiger partial charge in [0.25, 0.3) is 0 Å². The van der Waals surface area contributed by atoms with Gasteiger partial charge in [0.15, 0.2) is 9.84 Å². The molecule has 1 saturated carbocycles. The van der Waals surface area contributed by atoms with E-state index in [0.29, 0.717) is 5.56 Å². The summed E-state index contributed by atoms with van der Waals surface area (Å²) in [6, 6.07) is 5.43. The Balaban J connectivity index is 2.47. The van der Waals surface area contributed by atoms with Gasteiger partial charge in [-0.3, -0.25) is 4.79 Å². The van der Waals surface area contributed by atoms with Crippen LogP contribution in [0.1, 0.15) is 18.4 Å². The van der Waals surface area contributed by atoms with Crippen molar-refractivity contribution < 1.29 is 22.3 Å². The van der Waals surface area contributed by atoms with E-state index in [9.17, 15) is 17.6 Å². The predicted octanol–water partition coefficient (Wildman–Crippen LogP) is 0.844. The first kappa shape index (κ1) is 15.9. The zero-order valence-electron chi connectivity index (χ0n) is 11.9. The van der Waals surface area contributed by atoms with E-state index in [1.807, 2.05) is 0 Å². The van der Waals surface area contributed by atoms with E-state index >= 15 is 0 Å². The monoisotopic (exact) mass is 315 g/mol. The summed E-state index contributed by atoms with van der Waals surface area (Å²) in [6.45, 7) is 1.66. The lowest BCUT2D eigenvalue weighted by Crippen LogP contribution is -2.33. The minimum absolute atomic E-state index is 0.133. The molecule has 21 heavy (non-hydrogen) atoms. The number of esters is 1. The van der Waals surface area contributed by atoms with Crippen LogP contribution in [0.15, 0.2) is 24.3 Å². The van der Waals surface area contributed by atoms with E-state index in [4.69, 9.17) is 10.5 Å². The molecule has 7 heteroatoms. The van der Waals surface area contributed by atoms with Gasteiger partial charge in [-0.1, -0.05) is 12.1 Å². The SMILES string of the molecule is CCOC(=O)[C@@]1(CN)[C@H](S(C)(=O)=O)[C@@H]1c1ccc(F)cc1. The average molecular weight is 315 g/mol. The van der Waals surface area contributed by atoms with Crippen molar-refractivity contribution in [3.8, 4) is 0 Å². The second-order valence-electron chi connectivity index (χ2n) is 5.24. The Morgan fingerprint density at radius 1 is 1.38 bits per heavy atom. The van der Waals surface area contributed by atoms with E-state index in [-0.39, 0.29) is 13.2 Å². The first-order chi connectivity index (χ1) is 9.79. The molecule has 0 aromatic heterocycles. The molecule has 3 atom stereocenters. The fraction of sp³-hybridized carbons (Fsp3) is 0.500. The summed E-state index contributed by atoms with van der Waals surface area (Å²) in [5.41, 5.74) is 5.00. The van der Waals surface area contributed by atoms with Crippen LogP contribution in [0.2, 0.25) is 0 Å². The van der Waals surface area contributed by atoms with Crippen molar-refractivity contribution in [2.75, 3.05) is 19.4 Å². The van der Waals surface area contributed by atoms with Crippen LogP contribution in [0.3, 0.4) is 0 Å². The van der Waals surface area contributed by atoms with Crippen molar-refractivity contribution in [3.63, 3.8) is 0 Å². The molecule has 1 aliphatic rings. The average Bonchev–Trinajstić information content (AvgIpc) is 3.10. The van der Waals surface area contributed by atoms with Crippen LogP contribution in [0.4, 0.5) is 4.39 Å². The molecule has 1 aromatic rings. The Morgan fingerprint density at radius 2 is 1.95 bits per heavy atom. The zero-order chi connectivity index (χ0) is 15.8. The Bertz CT molecular complexity index is 643. The maximum absolute atomic E-state index is 13.0. The third-order valence-corrected chi connectivity index (χ3v) is 5.56. The normalized spacial score (nSPS) is 28.2. The van der Waals surface area contributed by atoms with E-state index in [2.05, 4.69) is 0 Å². The van der Waals surface area contributed by atoms with Gasteiger partial charge in [0.2, 0.25) is 0 Å². The third kappa shape index (κ3) is 2.55. The lowest BCUT2D eigenvalue weighted by Gasteiger charge is -2.14. The first-order valence-corrected chi connectivity index (χ1v) is 8.56. The number of benzene rings is 1. The second-order valence-corrected chi connectivity index (χ2v) is 7.41. The number of sulfone groups is 1. The Hall–Kier alpha value is -1.47. The van der Waals surface area contributed by atoms with E-state index in [1.54, 1.807) is 6.92 Å². The minimum atomic E-state index is -3.49.